The summed E-state index contributed by atoms with van der Waals surface area (Å²) in [5.41, 5.74) is 8.22. The van der Waals surface area contributed by atoms with E-state index in [0.29, 0.717) is 0 Å². The summed E-state index contributed by atoms with van der Waals surface area (Å²) in [5, 5.41) is 0. The van der Waals surface area contributed by atoms with Crippen molar-refractivity contribution in [2.75, 3.05) is 19.8 Å². The van der Waals surface area contributed by atoms with Gasteiger partial charge in [-0.2, -0.15) is 0 Å². The molecule has 3 aromatic carbocycles. The number of unbranched alkanes of at least 4 members (excludes halogenated alkanes) is 28. The van der Waals surface area contributed by atoms with Gasteiger partial charge in [-0.05, 0) is 54.2 Å². The molecule has 0 saturated carbocycles. The van der Waals surface area contributed by atoms with Crippen LogP contribution in [0.25, 0.3) is 0 Å². The van der Waals surface area contributed by atoms with E-state index in [1.54, 1.807) is 0 Å². The molecule has 0 atom stereocenters. The second-order valence-corrected chi connectivity index (χ2v) is 18.6. The summed E-state index contributed by atoms with van der Waals surface area (Å²) in [4.78, 5) is 0. The first kappa shape index (κ1) is 48.1. The highest BCUT2D eigenvalue weighted by Crippen LogP contribution is 2.61. The van der Waals surface area contributed by atoms with Crippen LogP contribution in [0.15, 0.2) is 54.6 Å². The van der Waals surface area contributed by atoms with Crippen LogP contribution in [0, 0.1) is 0 Å². The lowest BCUT2D eigenvalue weighted by Crippen LogP contribution is -2.29. The van der Waals surface area contributed by atoms with E-state index in [1.165, 1.54) is 213 Å². The van der Waals surface area contributed by atoms with Crippen molar-refractivity contribution in [2.24, 2.45) is 0 Å². The van der Waals surface area contributed by atoms with Gasteiger partial charge in [0, 0.05) is 28.5 Å². The van der Waals surface area contributed by atoms with Crippen molar-refractivity contribution in [3.8, 4) is 17.2 Å². The average molecular weight is 821 g/mol. The van der Waals surface area contributed by atoms with Gasteiger partial charge in [0.25, 0.3) is 0 Å². The maximum atomic E-state index is 6.81. The van der Waals surface area contributed by atoms with Crippen LogP contribution in [-0.4, -0.2) is 19.8 Å². The molecule has 334 valence electrons. The van der Waals surface area contributed by atoms with Crippen LogP contribution >= 0.6 is 0 Å². The Bertz CT molecular complexity index is 1500. The van der Waals surface area contributed by atoms with E-state index in [-0.39, 0.29) is 11.8 Å². The fourth-order valence-corrected chi connectivity index (χ4v) is 10.2. The van der Waals surface area contributed by atoms with Crippen LogP contribution in [0.3, 0.4) is 0 Å². The summed E-state index contributed by atoms with van der Waals surface area (Å²) >= 11 is 0. The average Bonchev–Trinajstić information content (AvgIpc) is 3.27. The van der Waals surface area contributed by atoms with Crippen molar-refractivity contribution in [2.45, 2.75) is 232 Å². The van der Waals surface area contributed by atoms with Gasteiger partial charge in [0.15, 0.2) is 0 Å². The molecule has 0 unspecified atom stereocenters. The molecular formula is C57H88O3. The molecule has 0 aromatic heterocycles. The van der Waals surface area contributed by atoms with Gasteiger partial charge in [0.2, 0.25) is 0 Å². The second kappa shape index (κ2) is 29.4. The molecule has 0 spiro atoms. The minimum absolute atomic E-state index is 0.0383. The number of rotatable bonds is 37. The minimum atomic E-state index is 0.0383. The monoisotopic (exact) mass is 821 g/mol. The molecule has 3 aliphatic carbocycles. The van der Waals surface area contributed by atoms with Crippen molar-refractivity contribution in [3.05, 3.63) is 88.0 Å². The second-order valence-electron chi connectivity index (χ2n) is 18.6. The van der Waals surface area contributed by atoms with Gasteiger partial charge in [-0.1, -0.05) is 237 Å². The SMILES string of the molecule is CCCCCCCCCCCCCOc1cccc2c1C1c3c(OCCCCCCCCCCCC)cccc3C2c2cccc(OCCCCCCCCCCCC)c21. The Labute approximate surface area is 369 Å². The Hall–Kier alpha value is -2.94. The van der Waals surface area contributed by atoms with Crippen molar-refractivity contribution in [3.63, 3.8) is 0 Å². The topological polar surface area (TPSA) is 27.7 Å². The lowest BCUT2D eigenvalue weighted by atomic mass is 9.60. The Morgan fingerprint density at radius 2 is 0.517 bits per heavy atom. The van der Waals surface area contributed by atoms with Crippen molar-refractivity contribution < 1.29 is 14.2 Å². The van der Waals surface area contributed by atoms with Gasteiger partial charge in [-0.3, -0.25) is 0 Å². The molecule has 0 heterocycles. The van der Waals surface area contributed by atoms with E-state index in [1.807, 2.05) is 0 Å². The van der Waals surface area contributed by atoms with Gasteiger partial charge in [-0.15, -0.1) is 0 Å². The van der Waals surface area contributed by atoms with E-state index in [0.717, 1.165) is 56.3 Å². The maximum absolute atomic E-state index is 6.81. The predicted octanol–water partition coefficient (Wildman–Crippen LogP) is 18.0. The van der Waals surface area contributed by atoms with Crippen molar-refractivity contribution in [1.29, 1.82) is 0 Å². The molecule has 0 saturated heterocycles. The molecule has 0 N–H and O–H groups in total. The van der Waals surface area contributed by atoms with Crippen LogP contribution in [0.5, 0.6) is 17.2 Å². The van der Waals surface area contributed by atoms with E-state index in [4.69, 9.17) is 14.2 Å². The lowest BCUT2D eigenvalue weighted by molar-refractivity contribution is 0.290. The summed E-state index contributed by atoms with van der Waals surface area (Å²) in [5.74, 6) is 3.36. The first-order valence-corrected chi connectivity index (χ1v) is 26.1. The summed E-state index contributed by atoms with van der Waals surface area (Å²) in [7, 11) is 0. The first-order chi connectivity index (χ1) is 29.8. The quantitative estimate of drug-likeness (QED) is 0.0374. The fourth-order valence-electron chi connectivity index (χ4n) is 10.2. The van der Waals surface area contributed by atoms with E-state index in [9.17, 15) is 0 Å². The summed E-state index contributed by atoms with van der Waals surface area (Å²) in [6, 6.07) is 20.5. The Morgan fingerprint density at radius 1 is 0.283 bits per heavy atom. The highest BCUT2D eigenvalue weighted by atomic mass is 16.5. The smallest absolute Gasteiger partial charge is 0.123 e. The standard InChI is InChI=1S/C57H88O3/c1-4-7-10-13-16-19-22-25-28-31-34-46-60-52-43-37-40-49-53-47-38-35-41-50(58-44-32-29-26-23-20-17-14-11-8-5-2)54(47)57(56(49)52)55-48(53)39-36-42-51(55)59-45-33-30-27-24-21-18-15-12-9-6-3/h35-43,53,57H,4-34,44-46H2,1-3H3. The molecule has 3 aromatic rings. The van der Waals surface area contributed by atoms with Crippen molar-refractivity contribution in [1.82, 2.24) is 0 Å². The normalized spacial score (nSPS) is 14.8. The fraction of sp³-hybridized carbons (Fsp3) is 0.684. The zero-order chi connectivity index (χ0) is 41.9. The zero-order valence-electron chi connectivity index (χ0n) is 39.1. The van der Waals surface area contributed by atoms with E-state index >= 15 is 0 Å². The molecule has 3 nitrogen and oxygen atoms in total. The number of hydrogen-bond donors (Lipinski definition) is 0. The van der Waals surface area contributed by atoms with Gasteiger partial charge in [0.05, 0.1) is 19.8 Å². The highest BCUT2D eigenvalue weighted by Gasteiger charge is 2.46. The molecule has 0 radical (unpaired) electrons. The molecule has 0 fully saturated rings. The number of benzene rings is 3. The molecule has 3 aliphatic rings. The maximum Gasteiger partial charge on any atom is 0.123 e. The van der Waals surface area contributed by atoms with Gasteiger partial charge >= 0.3 is 0 Å². The molecule has 3 heteroatoms. The third-order valence-corrected chi connectivity index (χ3v) is 13.6. The van der Waals surface area contributed by atoms with Gasteiger partial charge in [-0.25, -0.2) is 0 Å². The third-order valence-electron chi connectivity index (χ3n) is 13.6. The van der Waals surface area contributed by atoms with Gasteiger partial charge < -0.3 is 14.2 Å². The number of hydrogen-bond acceptors (Lipinski definition) is 3. The predicted molar refractivity (Wildman–Crippen MR) is 258 cm³/mol. The molecule has 60 heavy (non-hydrogen) atoms. The summed E-state index contributed by atoms with van der Waals surface area (Å²) in [6.45, 7) is 9.23. The minimum Gasteiger partial charge on any atom is -0.493 e. The van der Waals surface area contributed by atoms with Crippen LogP contribution in [0.2, 0.25) is 0 Å². The molecule has 2 bridgehead atoms. The Kier molecular flexibility index (Phi) is 23.5. The lowest BCUT2D eigenvalue weighted by Gasteiger charge is -2.44. The molecule has 6 rings (SSSR count). The van der Waals surface area contributed by atoms with Crippen LogP contribution in [-0.2, 0) is 0 Å². The Balaban J connectivity index is 1.23. The molecular weight excluding hydrogens is 733 g/mol. The largest absolute Gasteiger partial charge is 0.493 e. The summed E-state index contributed by atoms with van der Waals surface area (Å²) < 4.78 is 20.4. The third kappa shape index (κ3) is 15.1. The van der Waals surface area contributed by atoms with Crippen LogP contribution in [0.4, 0.5) is 0 Å². The van der Waals surface area contributed by atoms with Crippen LogP contribution < -0.4 is 14.2 Å². The van der Waals surface area contributed by atoms with E-state index in [2.05, 4.69) is 75.4 Å². The first-order valence-electron chi connectivity index (χ1n) is 26.1. The van der Waals surface area contributed by atoms with Gasteiger partial charge in [0.1, 0.15) is 17.2 Å². The van der Waals surface area contributed by atoms with E-state index < -0.39 is 0 Å². The number of ether oxygens (including phenoxy) is 3. The Morgan fingerprint density at radius 3 is 0.767 bits per heavy atom. The van der Waals surface area contributed by atoms with Crippen LogP contribution in [0.1, 0.15) is 265 Å². The summed E-state index contributed by atoms with van der Waals surface area (Å²) in [6.07, 6.45) is 41.5. The van der Waals surface area contributed by atoms with Crippen molar-refractivity contribution >= 4 is 0 Å². The molecule has 0 amide bonds. The zero-order valence-corrected chi connectivity index (χ0v) is 39.1. The molecule has 0 aliphatic heterocycles. The highest BCUT2D eigenvalue weighted by molar-refractivity contribution is 5.74.